The van der Waals surface area contributed by atoms with Gasteiger partial charge in [-0.1, -0.05) is 48.5 Å². The van der Waals surface area contributed by atoms with Gasteiger partial charge in [0.25, 0.3) is 11.8 Å². The van der Waals surface area contributed by atoms with Gasteiger partial charge in [-0.3, -0.25) is 14.4 Å². The van der Waals surface area contributed by atoms with Gasteiger partial charge in [0.15, 0.2) is 0 Å². The highest BCUT2D eigenvalue weighted by molar-refractivity contribution is 7.13. The van der Waals surface area contributed by atoms with Crippen LogP contribution in [0.1, 0.15) is 44.5 Å². The van der Waals surface area contributed by atoms with E-state index in [-0.39, 0.29) is 30.7 Å². The van der Waals surface area contributed by atoms with Crippen LogP contribution in [0.3, 0.4) is 0 Å². The van der Waals surface area contributed by atoms with Gasteiger partial charge < -0.3 is 20.2 Å². The number of nitrogens with one attached hydrogen (secondary N) is 1. The molecule has 10 heteroatoms. The van der Waals surface area contributed by atoms with E-state index in [1.807, 2.05) is 72.4 Å². The average Bonchev–Trinajstić information content (AvgIpc) is 3.77. The second-order valence-corrected chi connectivity index (χ2v) is 11.9. The summed E-state index contributed by atoms with van der Waals surface area (Å²) in [7, 11) is 0. The predicted octanol–water partition coefficient (Wildman–Crippen LogP) is 4.16. The number of β-amino-alcohol motifs (C(OH)–C–C–N with tert-alkyl or cyclic N) is 1. The molecule has 0 radical (unpaired) electrons. The number of rotatable bonds is 7. The molecule has 0 aliphatic carbocycles. The van der Waals surface area contributed by atoms with Crippen molar-refractivity contribution in [2.45, 2.75) is 44.6 Å². The Hall–Kier alpha value is -3.86. The number of nitrogens with zero attached hydrogens (tertiary/aromatic N) is 3. The fourth-order valence-electron chi connectivity index (χ4n) is 5.46. The molecule has 1 saturated heterocycles. The quantitative estimate of drug-likeness (QED) is 0.346. The van der Waals surface area contributed by atoms with Crippen molar-refractivity contribution in [2.24, 2.45) is 0 Å². The molecular formula is C30H28N4O4S2. The number of likely N-dealkylation sites (tertiary alicyclic amines) is 1. The number of aromatic nitrogens is 1. The number of carbonyl (C=O) groups excluding carboxylic acids is 3. The molecule has 4 aromatic rings. The second kappa shape index (κ2) is 11.0. The van der Waals surface area contributed by atoms with Gasteiger partial charge in [-0.25, -0.2) is 4.98 Å². The lowest BCUT2D eigenvalue weighted by atomic mass is 10.1. The van der Waals surface area contributed by atoms with E-state index in [2.05, 4.69) is 10.3 Å². The Morgan fingerprint density at radius 3 is 2.60 bits per heavy atom. The van der Waals surface area contributed by atoms with Crippen LogP contribution in [0.5, 0.6) is 0 Å². The van der Waals surface area contributed by atoms with Gasteiger partial charge in [0.2, 0.25) is 5.91 Å². The van der Waals surface area contributed by atoms with E-state index in [1.54, 1.807) is 22.3 Å². The van der Waals surface area contributed by atoms with E-state index >= 15 is 0 Å². The highest BCUT2D eigenvalue weighted by Gasteiger charge is 2.45. The van der Waals surface area contributed by atoms with Crippen LogP contribution in [0, 0.1) is 6.92 Å². The van der Waals surface area contributed by atoms with Crippen LogP contribution in [-0.2, 0) is 22.7 Å². The molecule has 6 rings (SSSR count). The maximum atomic E-state index is 14.1. The van der Waals surface area contributed by atoms with Crippen molar-refractivity contribution in [2.75, 3.05) is 6.54 Å². The summed E-state index contributed by atoms with van der Waals surface area (Å²) >= 11 is 2.98. The van der Waals surface area contributed by atoms with E-state index < -0.39 is 18.2 Å². The zero-order chi connectivity index (χ0) is 27.8. The summed E-state index contributed by atoms with van der Waals surface area (Å²) in [6.45, 7) is 2.62. The van der Waals surface area contributed by atoms with Gasteiger partial charge in [0.1, 0.15) is 12.1 Å². The van der Waals surface area contributed by atoms with Crippen LogP contribution >= 0.6 is 22.7 Å². The summed E-state index contributed by atoms with van der Waals surface area (Å²) in [5, 5.41) is 15.3. The third kappa shape index (κ3) is 4.94. The molecule has 8 nitrogen and oxygen atoms in total. The third-order valence-electron chi connectivity index (χ3n) is 7.50. The molecule has 2 aliphatic rings. The number of thiazole rings is 1. The Kier molecular flexibility index (Phi) is 7.22. The lowest BCUT2D eigenvalue weighted by Crippen LogP contribution is -2.50. The summed E-state index contributed by atoms with van der Waals surface area (Å²) in [6.07, 6.45) is -0.677. The largest absolute Gasteiger partial charge is 0.391 e. The molecule has 3 amide bonds. The molecule has 3 atom stereocenters. The Morgan fingerprint density at radius 2 is 1.90 bits per heavy atom. The Morgan fingerprint density at radius 1 is 1.10 bits per heavy atom. The smallest absolute Gasteiger partial charge is 0.255 e. The van der Waals surface area contributed by atoms with E-state index in [0.29, 0.717) is 18.7 Å². The van der Waals surface area contributed by atoms with Gasteiger partial charge in [0, 0.05) is 36.5 Å². The highest BCUT2D eigenvalue weighted by Crippen LogP contribution is 2.36. The molecule has 2 aliphatic heterocycles. The number of aryl methyl sites for hydroxylation is 1. The molecule has 1 fully saturated rings. The number of carbonyl (C=O) groups is 3. The first kappa shape index (κ1) is 26.4. The number of aliphatic hydroxyl groups excluding tert-OH is 1. The van der Waals surface area contributed by atoms with Crippen LogP contribution in [0.2, 0.25) is 0 Å². The molecule has 0 bridgehead atoms. The van der Waals surface area contributed by atoms with Gasteiger partial charge in [-0.15, -0.1) is 22.7 Å². The number of aliphatic hydroxyl groups is 1. The Labute approximate surface area is 239 Å². The lowest BCUT2D eigenvalue weighted by Gasteiger charge is -2.32. The number of hydrogen-bond donors (Lipinski definition) is 2. The number of benzene rings is 2. The molecule has 1 unspecified atom stereocenters. The van der Waals surface area contributed by atoms with Crippen molar-refractivity contribution in [1.29, 1.82) is 0 Å². The molecule has 0 saturated carbocycles. The molecule has 40 heavy (non-hydrogen) atoms. The highest BCUT2D eigenvalue weighted by atomic mass is 32.1. The van der Waals surface area contributed by atoms with E-state index in [1.165, 1.54) is 16.2 Å². The number of hydrogen-bond acceptors (Lipinski definition) is 7. The van der Waals surface area contributed by atoms with Crippen LogP contribution in [0.15, 0.2) is 71.6 Å². The van der Waals surface area contributed by atoms with Crippen molar-refractivity contribution in [3.63, 3.8) is 0 Å². The molecule has 0 spiro atoms. The van der Waals surface area contributed by atoms with Crippen LogP contribution in [0.25, 0.3) is 10.4 Å². The topological polar surface area (TPSA) is 103 Å². The maximum absolute atomic E-state index is 14.1. The van der Waals surface area contributed by atoms with Gasteiger partial charge in [-0.05, 0) is 41.1 Å². The van der Waals surface area contributed by atoms with E-state index in [0.717, 1.165) is 32.1 Å². The second-order valence-electron chi connectivity index (χ2n) is 10.1. The first-order valence-electron chi connectivity index (χ1n) is 13.1. The summed E-state index contributed by atoms with van der Waals surface area (Å²) in [5.41, 5.74) is 6.26. The molecular weight excluding hydrogens is 544 g/mol. The van der Waals surface area contributed by atoms with E-state index in [4.69, 9.17) is 0 Å². The zero-order valence-electron chi connectivity index (χ0n) is 21.8. The summed E-state index contributed by atoms with van der Waals surface area (Å²) in [4.78, 5) is 49.9. The SMILES string of the molecule is Cc1ncsc1-c1ccc(CNC(=O)[C@@H]2C[C@@H](O)CN2C(=O)C(c2cccs2)N2Cc3ccccc3C2=O)cc1. The van der Waals surface area contributed by atoms with Gasteiger partial charge >= 0.3 is 0 Å². The van der Waals surface area contributed by atoms with Crippen LogP contribution < -0.4 is 5.32 Å². The normalized spacial score (nSPS) is 19.1. The molecule has 4 heterocycles. The Balaban J connectivity index is 1.18. The molecule has 204 valence electrons. The third-order valence-corrected chi connectivity index (χ3v) is 9.40. The summed E-state index contributed by atoms with van der Waals surface area (Å²) in [5.74, 6) is -0.891. The fourth-order valence-corrected chi connectivity index (χ4v) is 7.10. The minimum absolute atomic E-state index is 0.0384. The number of fused-ring (bicyclic) bond motifs is 1. The standard InChI is InChI=1S/C30H28N4O4S2/c1-18-27(40-17-32-18)20-10-8-19(9-11-20)14-31-28(36)24-13-22(35)16-33(24)30(38)26(25-7-4-12-39-25)34-15-21-5-2-3-6-23(21)29(34)37/h2-12,17,22,24,26,35H,13-16H2,1H3,(H,31,36)/t22-,24+,26?/m1/s1. The number of amides is 3. The number of thiophene rings is 1. The molecule has 2 N–H and O–H groups in total. The summed E-state index contributed by atoms with van der Waals surface area (Å²) in [6, 6.07) is 17.3. The first-order valence-corrected chi connectivity index (χ1v) is 14.8. The van der Waals surface area contributed by atoms with Crippen molar-refractivity contribution >= 4 is 40.4 Å². The monoisotopic (exact) mass is 572 g/mol. The lowest BCUT2D eigenvalue weighted by molar-refractivity contribution is -0.142. The minimum Gasteiger partial charge on any atom is -0.391 e. The van der Waals surface area contributed by atoms with Crippen molar-refractivity contribution in [3.8, 4) is 10.4 Å². The van der Waals surface area contributed by atoms with Crippen molar-refractivity contribution in [3.05, 3.63) is 98.8 Å². The first-order chi connectivity index (χ1) is 19.4. The Bertz CT molecular complexity index is 1550. The average molecular weight is 573 g/mol. The van der Waals surface area contributed by atoms with Crippen molar-refractivity contribution in [1.82, 2.24) is 20.1 Å². The maximum Gasteiger partial charge on any atom is 0.255 e. The zero-order valence-corrected chi connectivity index (χ0v) is 23.5. The van der Waals surface area contributed by atoms with Crippen LogP contribution in [0.4, 0.5) is 0 Å². The predicted molar refractivity (Wildman–Crippen MR) is 154 cm³/mol. The fraction of sp³-hybridized carbons (Fsp3) is 0.267. The van der Waals surface area contributed by atoms with Gasteiger partial charge in [-0.2, -0.15) is 0 Å². The molecule has 2 aromatic carbocycles. The van der Waals surface area contributed by atoms with Crippen LogP contribution in [-0.4, -0.2) is 56.3 Å². The minimum atomic E-state index is -0.872. The van der Waals surface area contributed by atoms with Crippen molar-refractivity contribution < 1.29 is 19.5 Å². The van der Waals surface area contributed by atoms with Gasteiger partial charge in [0.05, 0.1) is 22.2 Å². The van der Waals surface area contributed by atoms with E-state index in [9.17, 15) is 19.5 Å². The molecule has 2 aromatic heterocycles. The summed E-state index contributed by atoms with van der Waals surface area (Å²) < 4.78 is 0.